The fourth-order valence-corrected chi connectivity index (χ4v) is 2.78. The van der Waals surface area contributed by atoms with Crippen LogP contribution >= 0.6 is 15.9 Å². The van der Waals surface area contributed by atoms with Gasteiger partial charge in [0, 0.05) is 22.4 Å². The van der Waals surface area contributed by atoms with Crippen LogP contribution < -0.4 is 0 Å². The second-order valence-electron chi connectivity index (χ2n) is 4.78. The predicted molar refractivity (Wildman–Crippen MR) is 78.1 cm³/mol. The Morgan fingerprint density at radius 3 is 2.62 bits per heavy atom. The van der Waals surface area contributed by atoms with Crippen molar-refractivity contribution in [3.05, 3.63) is 58.3 Å². The Morgan fingerprint density at radius 1 is 1.14 bits per heavy atom. The van der Waals surface area contributed by atoms with Crippen molar-refractivity contribution < 1.29 is 13.2 Å². The lowest BCUT2D eigenvalue weighted by atomic mass is 10.1. The van der Waals surface area contributed by atoms with Crippen molar-refractivity contribution in [2.45, 2.75) is 13.1 Å². The first-order valence-electron chi connectivity index (χ1n) is 6.17. The van der Waals surface area contributed by atoms with Gasteiger partial charge in [0.2, 0.25) is 0 Å². The molecule has 2 aromatic heterocycles. The van der Waals surface area contributed by atoms with Gasteiger partial charge < -0.3 is 4.40 Å². The van der Waals surface area contributed by atoms with E-state index >= 15 is 0 Å². The number of rotatable bonds is 1. The highest BCUT2D eigenvalue weighted by Gasteiger charge is 2.30. The number of pyridine rings is 1. The highest BCUT2D eigenvalue weighted by atomic mass is 79.9. The Bertz CT molecular complexity index is 821. The minimum Gasteiger partial charge on any atom is -0.305 e. The topological polar surface area (TPSA) is 17.3 Å². The van der Waals surface area contributed by atoms with Crippen molar-refractivity contribution in [1.82, 2.24) is 9.38 Å². The largest absolute Gasteiger partial charge is 0.416 e. The molecule has 0 unspecified atom stereocenters. The number of imidazole rings is 1. The van der Waals surface area contributed by atoms with Crippen molar-refractivity contribution in [2.75, 3.05) is 0 Å². The molecule has 0 bridgehead atoms. The molecule has 0 atom stereocenters. The van der Waals surface area contributed by atoms with Crippen molar-refractivity contribution in [2.24, 2.45) is 0 Å². The van der Waals surface area contributed by atoms with E-state index in [4.69, 9.17) is 0 Å². The molecular formula is C15H10BrF3N2. The maximum absolute atomic E-state index is 12.8. The number of halogens is 4. The van der Waals surface area contributed by atoms with Gasteiger partial charge in [-0.2, -0.15) is 13.2 Å². The standard InChI is InChI=1S/C15H10BrF3N2/c1-9-5-12(16)7-21-8-13(20-14(9)21)10-3-2-4-11(6-10)15(17,18)19/h2-8H,1H3. The lowest BCUT2D eigenvalue weighted by Gasteiger charge is -2.07. The summed E-state index contributed by atoms with van der Waals surface area (Å²) in [7, 11) is 0. The van der Waals surface area contributed by atoms with E-state index < -0.39 is 11.7 Å². The molecule has 6 heteroatoms. The van der Waals surface area contributed by atoms with Gasteiger partial charge in [0.15, 0.2) is 0 Å². The average Bonchev–Trinajstić information content (AvgIpc) is 2.82. The summed E-state index contributed by atoms with van der Waals surface area (Å²) in [6.45, 7) is 1.91. The second kappa shape index (κ2) is 4.87. The molecule has 2 heterocycles. The van der Waals surface area contributed by atoms with Crippen molar-refractivity contribution >= 4 is 21.6 Å². The Labute approximate surface area is 127 Å². The van der Waals surface area contributed by atoms with Crippen molar-refractivity contribution in [1.29, 1.82) is 0 Å². The first-order chi connectivity index (χ1) is 9.84. The molecule has 0 spiro atoms. The molecule has 0 radical (unpaired) electrons. The van der Waals surface area contributed by atoms with Crippen LogP contribution in [0.15, 0.2) is 47.2 Å². The van der Waals surface area contributed by atoms with Gasteiger partial charge in [-0.05, 0) is 46.6 Å². The van der Waals surface area contributed by atoms with Crippen LogP contribution in [0.5, 0.6) is 0 Å². The van der Waals surface area contributed by atoms with Gasteiger partial charge in [0.05, 0.1) is 11.3 Å². The molecule has 21 heavy (non-hydrogen) atoms. The Balaban J connectivity index is 2.15. The third kappa shape index (κ3) is 2.68. The first kappa shape index (κ1) is 14.1. The summed E-state index contributed by atoms with van der Waals surface area (Å²) in [5.74, 6) is 0. The van der Waals surface area contributed by atoms with E-state index in [0.29, 0.717) is 11.3 Å². The molecule has 0 fully saturated rings. The zero-order chi connectivity index (χ0) is 15.2. The van der Waals surface area contributed by atoms with E-state index in [1.807, 2.05) is 19.2 Å². The fraction of sp³-hybridized carbons (Fsp3) is 0.133. The van der Waals surface area contributed by atoms with Crippen LogP contribution in [0.1, 0.15) is 11.1 Å². The molecule has 1 aromatic carbocycles. The maximum atomic E-state index is 12.8. The number of hydrogen-bond acceptors (Lipinski definition) is 1. The van der Waals surface area contributed by atoms with Crippen LogP contribution in [0.3, 0.4) is 0 Å². The van der Waals surface area contributed by atoms with Crippen LogP contribution in [0.2, 0.25) is 0 Å². The molecule has 0 saturated carbocycles. The summed E-state index contributed by atoms with van der Waals surface area (Å²) >= 11 is 3.39. The van der Waals surface area contributed by atoms with E-state index in [-0.39, 0.29) is 0 Å². The molecule has 0 amide bonds. The SMILES string of the molecule is Cc1cc(Br)cn2cc(-c3cccc(C(F)(F)F)c3)nc12. The minimum atomic E-state index is -4.35. The van der Waals surface area contributed by atoms with Gasteiger partial charge in [0.1, 0.15) is 5.65 Å². The average molecular weight is 355 g/mol. The van der Waals surface area contributed by atoms with Gasteiger partial charge in [-0.25, -0.2) is 4.98 Å². The Kier molecular flexibility index (Phi) is 3.28. The second-order valence-corrected chi connectivity index (χ2v) is 5.69. The Hall–Kier alpha value is -1.82. The number of aromatic nitrogens is 2. The monoisotopic (exact) mass is 354 g/mol. The van der Waals surface area contributed by atoms with Crippen LogP contribution in [-0.2, 0) is 6.18 Å². The smallest absolute Gasteiger partial charge is 0.305 e. The van der Waals surface area contributed by atoms with Gasteiger partial charge in [0.25, 0.3) is 0 Å². The molecular weight excluding hydrogens is 345 g/mol. The number of aryl methyl sites for hydroxylation is 1. The molecule has 0 N–H and O–H groups in total. The zero-order valence-electron chi connectivity index (χ0n) is 10.9. The quantitative estimate of drug-likeness (QED) is 0.594. The van der Waals surface area contributed by atoms with Gasteiger partial charge >= 0.3 is 6.18 Å². The number of hydrogen-bond donors (Lipinski definition) is 0. The number of fused-ring (bicyclic) bond motifs is 1. The molecule has 0 aliphatic rings. The van der Waals surface area contributed by atoms with E-state index in [2.05, 4.69) is 20.9 Å². The van der Waals surface area contributed by atoms with Crippen LogP contribution in [0, 0.1) is 6.92 Å². The minimum absolute atomic E-state index is 0.448. The van der Waals surface area contributed by atoms with E-state index in [9.17, 15) is 13.2 Å². The van der Waals surface area contributed by atoms with Gasteiger partial charge in [-0.15, -0.1) is 0 Å². The zero-order valence-corrected chi connectivity index (χ0v) is 12.5. The number of alkyl halides is 3. The van der Waals surface area contributed by atoms with Crippen LogP contribution in [0.25, 0.3) is 16.9 Å². The van der Waals surface area contributed by atoms with Crippen molar-refractivity contribution in [3.8, 4) is 11.3 Å². The van der Waals surface area contributed by atoms with Crippen LogP contribution in [-0.4, -0.2) is 9.38 Å². The summed E-state index contributed by atoms with van der Waals surface area (Å²) < 4.78 is 41.0. The van der Waals surface area contributed by atoms with Crippen molar-refractivity contribution in [3.63, 3.8) is 0 Å². The summed E-state index contributed by atoms with van der Waals surface area (Å²) in [5.41, 5.74) is 1.97. The predicted octanol–water partition coefficient (Wildman–Crippen LogP) is 5.09. The first-order valence-corrected chi connectivity index (χ1v) is 6.96. The molecule has 0 aliphatic carbocycles. The molecule has 108 valence electrons. The van der Waals surface area contributed by atoms with Gasteiger partial charge in [-0.3, -0.25) is 0 Å². The van der Waals surface area contributed by atoms with E-state index in [0.717, 1.165) is 27.8 Å². The summed E-state index contributed by atoms with van der Waals surface area (Å²) in [6, 6.07) is 7.11. The Morgan fingerprint density at radius 2 is 1.90 bits per heavy atom. The molecule has 3 rings (SSSR count). The lowest BCUT2D eigenvalue weighted by molar-refractivity contribution is -0.137. The fourth-order valence-electron chi connectivity index (χ4n) is 2.22. The maximum Gasteiger partial charge on any atom is 0.416 e. The summed E-state index contributed by atoms with van der Waals surface area (Å²) in [6.07, 6.45) is -0.802. The molecule has 0 aliphatic heterocycles. The highest BCUT2D eigenvalue weighted by molar-refractivity contribution is 9.10. The molecule has 2 nitrogen and oxygen atoms in total. The van der Waals surface area contributed by atoms with Crippen LogP contribution in [0.4, 0.5) is 13.2 Å². The summed E-state index contributed by atoms with van der Waals surface area (Å²) in [5, 5.41) is 0. The van der Waals surface area contributed by atoms with E-state index in [1.54, 1.807) is 16.7 Å². The van der Waals surface area contributed by atoms with Gasteiger partial charge in [-0.1, -0.05) is 12.1 Å². The van der Waals surface area contributed by atoms with E-state index in [1.165, 1.54) is 6.07 Å². The molecule has 3 aromatic rings. The number of benzene rings is 1. The third-order valence-electron chi connectivity index (χ3n) is 3.19. The summed E-state index contributed by atoms with van der Waals surface area (Å²) in [4.78, 5) is 4.42. The highest BCUT2D eigenvalue weighted by Crippen LogP contribution is 2.32. The number of nitrogens with zero attached hydrogens (tertiary/aromatic N) is 2. The normalized spacial score (nSPS) is 12.0. The molecule has 0 saturated heterocycles. The third-order valence-corrected chi connectivity index (χ3v) is 3.62. The lowest BCUT2D eigenvalue weighted by Crippen LogP contribution is -2.04.